The quantitative estimate of drug-likeness (QED) is 0.469. The van der Waals surface area contributed by atoms with Gasteiger partial charge in [0.1, 0.15) is 10.8 Å². The Morgan fingerprint density at radius 3 is 2.52 bits per heavy atom. The van der Waals surface area contributed by atoms with Crippen molar-refractivity contribution < 1.29 is 14.3 Å². The van der Waals surface area contributed by atoms with E-state index in [1.807, 2.05) is 48.5 Å². The van der Waals surface area contributed by atoms with Gasteiger partial charge in [0.2, 0.25) is 0 Å². The van der Waals surface area contributed by atoms with Gasteiger partial charge in [0.15, 0.2) is 6.61 Å². The van der Waals surface area contributed by atoms with Gasteiger partial charge < -0.3 is 15.8 Å². The zero-order chi connectivity index (χ0) is 23.0. The van der Waals surface area contributed by atoms with Gasteiger partial charge in [-0.2, -0.15) is 0 Å². The lowest BCUT2D eigenvalue weighted by Gasteiger charge is -2.12. The number of fused-ring (bicyclic) bond motifs is 1. The van der Waals surface area contributed by atoms with E-state index in [0.717, 1.165) is 36.9 Å². The fourth-order valence-corrected chi connectivity index (χ4v) is 5.17. The Morgan fingerprint density at radius 1 is 1.00 bits per heavy atom. The molecule has 1 aliphatic rings. The van der Waals surface area contributed by atoms with Gasteiger partial charge in [0.25, 0.3) is 11.8 Å². The molecule has 1 heterocycles. The van der Waals surface area contributed by atoms with Crippen LogP contribution in [-0.2, 0) is 17.6 Å². The Morgan fingerprint density at radius 2 is 1.73 bits per heavy atom. The first-order chi connectivity index (χ1) is 16.1. The van der Waals surface area contributed by atoms with E-state index in [2.05, 4.69) is 5.32 Å². The lowest BCUT2D eigenvalue weighted by atomic mass is 9.96. The number of carbonyl (C=O) groups is 2. The number of benzene rings is 2. The molecule has 3 aromatic rings. The summed E-state index contributed by atoms with van der Waals surface area (Å²) < 4.78 is 5.52. The predicted molar refractivity (Wildman–Crippen MR) is 133 cm³/mol. The maximum Gasteiger partial charge on any atom is 0.259 e. The van der Waals surface area contributed by atoms with Gasteiger partial charge in [-0.1, -0.05) is 43.2 Å². The first-order valence-corrected chi connectivity index (χ1v) is 12.0. The molecule has 33 heavy (non-hydrogen) atoms. The molecule has 0 aliphatic heterocycles. The van der Waals surface area contributed by atoms with Crippen LogP contribution in [-0.4, -0.2) is 24.6 Å². The number of aliphatic imine (C=N–C) groups is 1. The van der Waals surface area contributed by atoms with E-state index in [4.69, 9.17) is 15.5 Å². The molecule has 0 radical (unpaired) electrons. The summed E-state index contributed by atoms with van der Waals surface area (Å²) in [4.78, 5) is 30.5. The number of nitrogens with zero attached hydrogens (tertiary/aromatic N) is 1. The average Bonchev–Trinajstić information content (AvgIpc) is 3.13. The van der Waals surface area contributed by atoms with Crippen LogP contribution in [0.15, 0.2) is 59.6 Å². The van der Waals surface area contributed by atoms with Crippen LogP contribution in [0, 0.1) is 0 Å². The Kier molecular flexibility index (Phi) is 7.52. The maximum absolute atomic E-state index is 13.4. The Labute approximate surface area is 197 Å². The fraction of sp³-hybridized carbons (Fsp3) is 0.269. The van der Waals surface area contributed by atoms with Crippen LogP contribution in [0.25, 0.3) is 0 Å². The molecule has 1 aliphatic carbocycles. The number of carbonyl (C=O) groups excluding carboxylic acids is 2. The third-order valence-electron chi connectivity index (χ3n) is 5.52. The number of aryl methyl sites for hydroxylation is 1. The molecule has 2 amide bonds. The molecule has 0 atom stereocenters. The number of amides is 2. The number of ether oxygens (including phenoxy) is 1. The lowest BCUT2D eigenvalue weighted by Crippen LogP contribution is -2.20. The van der Waals surface area contributed by atoms with Gasteiger partial charge in [0.05, 0.1) is 5.56 Å². The molecular weight excluding hydrogens is 434 g/mol. The van der Waals surface area contributed by atoms with Crippen LogP contribution in [0.3, 0.4) is 0 Å². The van der Waals surface area contributed by atoms with E-state index in [1.165, 1.54) is 17.7 Å². The van der Waals surface area contributed by atoms with E-state index < -0.39 is 5.91 Å². The summed E-state index contributed by atoms with van der Waals surface area (Å²) >= 11 is 1.59. The summed E-state index contributed by atoms with van der Waals surface area (Å²) in [6.45, 7) is -0.205. The molecule has 4 rings (SSSR count). The van der Waals surface area contributed by atoms with Crippen molar-refractivity contribution in [3.05, 3.63) is 76.2 Å². The van der Waals surface area contributed by atoms with E-state index in [0.29, 0.717) is 21.9 Å². The third-order valence-corrected chi connectivity index (χ3v) is 6.72. The molecule has 0 fully saturated rings. The minimum atomic E-state index is -0.542. The summed E-state index contributed by atoms with van der Waals surface area (Å²) in [5.74, 6) is -0.158. The molecular formula is C26H27N3O3S. The SMILES string of the molecule is NC(=O)COc1ccccc1C=Nc1sc2c(c1C(=O)Nc1ccccc1)CCCCCC2. The highest BCUT2D eigenvalue weighted by molar-refractivity contribution is 7.16. The minimum Gasteiger partial charge on any atom is -0.483 e. The highest BCUT2D eigenvalue weighted by Gasteiger charge is 2.24. The second-order valence-electron chi connectivity index (χ2n) is 7.97. The Bertz CT molecular complexity index is 1150. The van der Waals surface area contributed by atoms with E-state index in [1.54, 1.807) is 23.6 Å². The second kappa shape index (κ2) is 10.9. The number of thiophene rings is 1. The number of anilines is 1. The molecule has 0 saturated heterocycles. The smallest absolute Gasteiger partial charge is 0.259 e. The molecule has 0 saturated carbocycles. The highest BCUT2D eigenvalue weighted by Crippen LogP contribution is 2.39. The van der Waals surface area contributed by atoms with Gasteiger partial charge in [-0.05, 0) is 55.5 Å². The third kappa shape index (κ3) is 5.87. The molecule has 0 spiro atoms. The largest absolute Gasteiger partial charge is 0.483 e. The number of primary amides is 1. The van der Waals surface area contributed by atoms with Crippen LogP contribution in [0.1, 0.15) is 52.0 Å². The summed E-state index contributed by atoms with van der Waals surface area (Å²) in [5.41, 5.74) is 8.47. The number of nitrogens with one attached hydrogen (secondary N) is 1. The summed E-state index contributed by atoms with van der Waals surface area (Å²) in [5, 5.41) is 3.73. The Balaban J connectivity index is 1.68. The maximum atomic E-state index is 13.4. The molecule has 6 nitrogen and oxygen atoms in total. The number of rotatable bonds is 7. The molecule has 7 heteroatoms. The van der Waals surface area contributed by atoms with Crippen molar-refractivity contribution in [1.29, 1.82) is 0 Å². The van der Waals surface area contributed by atoms with Crippen molar-refractivity contribution in [2.24, 2.45) is 10.7 Å². The lowest BCUT2D eigenvalue weighted by molar-refractivity contribution is -0.119. The molecule has 1 aromatic heterocycles. The second-order valence-corrected chi connectivity index (χ2v) is 9.05. The molecule has 0 bridgehead atoms. The first kappa shape index (κ1) is 22.7. The van der Waals surface area contributed by atoms with Crippen LogP contribution >= 0.6 is 11.3 Å². The number of nitrogens with two attached hydrogens (primary N) is 1. The number of hydrogen-bond acceptors (Lipinski definition) is 5. The van der Waals surface area contributed by atoms with Gasteiger partial charge in [-0.3, -0.25) is 9.59 Å². The van der Waals surface area contributed by atoms with Crippen LogP contribution in [0.5, 0.6) is 5.75 Å². The summed E-state index contributed by atoms with van der Waals surface area (Å²) in [6.07, 6.45) is 8.14. The van der Waals surface area contributed by atoms with Crippen LogP contribution < -0.4 is 15.8 Å². The highest BCUT2D eigenvalue weighted by atomic mass is 32.1. The molecule has 0 unspecified atom stereocenters. The van der Waals surface area contributed by atoms with E-state index in [-0.39, 0.29) is 12.5 Å². The predicted octanol–water partition coefficient (Wildman–Crippen LogP) is 5.27. The van der Waals surface area contributed by atoms with Crippen molar-refractivity contribution >= 4 is 40.1 Å². The summed E-state index contributed by atoms with van der Waals surface area (Å²) in [6, 6.07) is 16.8. The van der Waals surface area contributed by atoms with Crippen LogP contribution in [0.2, 0.25) is 0 Å². The van der Waals surface area contributed by atoms with Crippen molar-refractivity contribution in [3.63, 3.8) is 0 Å². The fourth-order valence-electron chi connectivity index (χ4n) is 3.94. The standard InChI is InChI=1S/C26H27N3O3S/c27-23(30)17-32-21-14-9-8-10-18(21)16-28-26-24(25(31)29-19-11-4-3-5-12-19)20-13-6-1-2-7-15-22(20)33-26/h3-5,8-12,14,16H,1-2,6-7,13,15,17H2,(H2,27,30)(H,29,31). The minimum absolute atomic E-state index is 0.135. The van der Waals surface area contributed by atoms with E-state index in [9.17, 15) is 9.59 Å². The number of para-hydroxylation sites is 2. The van der Waals surface area contributed by atoms with Crippen LogP contribution in [0.4, 0.5) is 10.7 Å². The monoisotopic (exact) mass is 461 g/mol. The summed E-state index contributed by atoms with van der Waals surface area (Å²) in [7, 11) is 0. The van der Waals surface area contributed by atoms with Gasteiger partial charge >= 0.3 is 0 Å². The van der Waals surface area contributed by atoms with E-state index >= 15 is 0 Å². The molecule has 2 aromatic carbocycles. The molecule has 170 valence electrons. The van der Waals surface area contributed by atoms with Crippen molar-refractivity contribution in [2.45, 2.75) is 38.5 Å². The Hall–Kier alpha value is -3.45. The van der Waals surface area contributed by atoms with Gasteiger partial charge in [-0.25, -0.2) is 4.99 Å². The first-order valence-electron chi connectivity index (χ1n) is 11.2. The normalized spacial score (nSPS) is 13.7. The molecule has 3 N–H and O–H groups in total. The number of hydrogen-bond donors (Lipinski definition) is 2. The topological polar surface area (TPSA) is 93.8 Å². The van der Waals surface area contributed by atoms with Gasteiger partial charge in [-0.15, -0.1) is 11.3 Å². The van der Waals surface area contributed by atoms with Crippen molar-refractivity contribution in [3.8, 4) is 5.75 Å². The average molecular weight is 462 g/mol. The van der Waals surface area contributed by atoms with Crippen molar-refractivity contribution in [2.75, 3.05) is 11.9 Å². The zero-order valence-corrected chi connectivity index (χ0v) is 19.2. The van der Waals surface area contributed by atoms with Crippen molar-refractivity contribution in [1.82, 2.24) is 0 Å². The van der Waals surface area contributed by atoms with Gasteiger partial charge in [0, 0.05) is 22.3 Å². The zero-order valence-electron chi connectivity index (χ0n) is 18.4.